The van der Waals surface area contributed by atoms with Crippen LogP contribution in [-0.2, 0) is 17.1 Å². The highest BCUT2D eigenvalue weighted by Gasteiger charge is 2.16. The predicted octanol–water partition coefficient (Wildman–Crippen LogP) is 2.23. The summed E-state index contributed by atoms with van der Waals surface area (Å²) in [6, 6.07) is 10.2. The van der Waals surface area contributed by atoms with Crippen LogP contribution in [0.25, 0.3) is 0 Å². The van der Waals surface area contributed by atoms with Crippen molar-refractivity contribution in [2.24, 2.45) is 7.05 Å². The molecule has 11 heteroatoms. The van der Waals surface area contributed by atoms with Crippen LogP contribution in [-0.4, -0.2) is 34.3 Å². The van der Waals surface area contributed by atoms with E-state index in [0.29, 0.717) is 11.4 Å². The molecule has 0 atom stereocenters. The fourth-order valence-corrected chi connectivity index (χ4v) is 3.40. The second-order valence-electron chi connectivity index (χ2n) is 5.62. The maximum atomic E-state index is 12.4. The summed E-state index contributed by atoms with van der Waals surface area (Å²) in [5, 5.41) is 14.2. The van der Waals surface area contributed by atoms with Crippen LogP contribution in [0.3, 0.4) is 0 Å². The Labute approximate surface area is 160 Å². The number of carbonyl (C=O) groups excluding carboxylic acids is 1. The molecule has 9 nitrogen and oxygen atoms in total. The van der Waals surface area contributed by atoms with Gasteiger partial charge >= 0.3 is 0 Å². The maximum absolute atomic E-state index is 12.4. The van der Waals surface area contributed by atoms with Gasteiger partial charge in [-0.15, -0.1) is 10.2 Å². The van der Waals surface area contributed by atoms with Gasteiger partial charge in [0.15, 0.2) is 11.0 Å². The van der Waals surface area contributed by atoms with Gasteiger partial charge < -0.3 is 5.32 Å². The zero-order valence-electron chi connectivity index (χ0n) is 14.3. The van der Waals surface area contributed by atoms with E-state index in [1.165, 1.54) is 41.1 Å². The van der Waals surface area contributed by atoms with Crippen molar-refractivity contribution in [2.45, 2.75) is 11.8 Å². The second kappa shape index (κ2) is 7.33. The molecule has 2 aromatic heterocycles. The molecule has 1 aromatic carbocycles. The minimum absolute atomic E-state index is 0.00799. The summed E-state index contributed by atoms with van der Waals surface area (Å²) in [7, 11) is -2.18. The molecule has 0 aliphatic heterocycles. The summed E-state index contributed by atoms with van der Waals surface area (Å²) in [5.41, 5.74) is 1.57. The Morgan fingerprint density at radius 1 is 1.11 bits per heavy atom. The number of anilines is 2. The zero-order chi connectivity index (χ0) is 19.6. The molecule has 3 rings (SSSR count). The van der Waals surface area contributed by atoms with E-state index in [0.717, 1.165) is 5.69 Å². The summed E-state index contributed by atoms with van der Waals surface area (Å²) in [4.78, 5) is 12.3. The van der Waals surface area contributed by atoms with E-state index in [4.69, 9.17) is 11.6 Å². The van der Waals surface area contributed by atoms with Crippen LogP contribution in [0, 0.1) is 6.92 Å². The number of halogens is 1. The normalized spacial score (nSPS) is 11.2. The molecule has 1 amide bonds. The fraction of sp³-hybridized carbons (Fsp3) is 0.125. The average Bonchev–Trinajstić information content (AvgIpc) is 2.96. The molecule has 140 valence electrons. The lowest BCUT2D eigenvalue weighted by Crippen LogP contribution is -2.17. The third-order valence-electron chi connectivity index (χ3n) is 3.53. The van der Waals surface area contributed by atoms with Gasteiger partial charge in [-0.3, -0.25) is 14.2 Å². The summed E-state index contributed by atoms with van der Waals surface area (Å²) in [5.74, 6) is -0.299. The summed E-state index contributed by atoms with van der Waals surface area (Å²) in [6.45, 7) is 1.79. The van der Waals surface area contributed by atoms with Crippen LogP contribution in [0.4, 0.5) is 11.5 Å². The number of nitrogens with one attached hydrogen (secondary N) is 2. The Bertz CT molecular complexity index is 1080. The fourth-order valence-electron chi connectivity index (χ4n) is 2.30. The molecular formula is C16H15ClN6O3S. The van der Waals surface area contributed by atoms with E-state index in [-0.39, 0.29) is 21.8 Å². The second-order valence-corrected chi connectivity index (χ2v) is 7.69. The van der Waals surface area contributed by atoms with Crippen LogP contribution in [0.5, 0.6) is 0 Å². The van der Waals surface area contributed by atoms with Crippen LogP contribution < -0.4 is 10.0 Å². The summed E-state index contributed by atoms with van der Waals surface area (Å²) in [6.07, 6.45) is 0. The Morgan fingerprint density at radius 2 is 1.81 bits per heavy atom. The van der Waals surface area contributed by atoms with Crippen LogP contribution in [0.2, 0.25) is 5.15 Å². The van der Waals surface area contributed by atoms with Crippen molar-refractivity contribution in [3.63, 3.8) is 0 Å². The molecule has 2 heterocycles. The molecular weight excluding hydrogens is 392 g/mol. The lowest BCUT2D eigenvalue weighted by molar-refractivity contribution is 0.101. The molecule has 2 N–H and O–H groups in total. The number of amides is 1. The first-order valence-electron chi connectivity index (χ1n) is 7.69. The van der Waals surface area contributed by atoms with Gasteiger partial charge in [-0.2, -0.15) is 5.10 Å². The number of benzene rings is 1. The van der Waals surface area contributed by atoms with E-state index < -0.39 is 10.0 Å². The summed E-state index contributed by atoms with van der Waals surface area (Å²) >= 11 is 5.62. The molecule has 27 heavy (non-hydrogen) atoms. The van der Waals surface area contributed by atoms with Gasteiger partial charge in [0.1, 0.15) is 5.69 Å². The van der Waals surface area contributed by atoms with Gasteiger partial charge in [0.05, 0.1) is 10.6 Å². The third-order valence-corrected chi connectivity index (χ3v) is 5.10. The van der Waals surface area contributed by atoms with Gasteiger partial charge in [-0.1, -0.05) is 11.6 Å². The molecule has 0 fully saturated rings. The molecule has 0 bridgehead atoms. The Kier molecular flexibility index (Phi) is 5.10. The third kappa shape index (κ3) is 4.41. The molecule has 0 unspecified atom stereocenters. The molecule has 0 aliphatic rings. The molecule has 0 saturated carbocycles. The van der Waals surface area contributed by atoms with Crippen LogP contribution >= 0.6 is 11.6 Å². The molecule has 0 radical (unpaired) electrons. The van der Waals surface area contributed by atoms with Crippen LogP contribution in [0.1, 0.15) is 16.2 Å². The SMILES string of the molecule is Cc1cc(C(=O)Nc2ccc(S(=O)(=O)Nc3ccc(Cl)nn3)cc2)n(C)n1. The highest BCUT2D eigenvalue weighted by atomic mass is 35.5. The number of carbonyl (C=O) groups is 1. The number of rotatable bonds is 5. The number of nitrogens with zero attached hydrogens (tertiary/aromatic N) is 4. The van der Waals surface area contributed by atoms with E-state index in [2.05, 4.69) is 25.3 Å². The number of sulfonamides is 1. The van der Waals surface area contributed by atoms with Gasteiger partial charge in [0, 0.05) is 12.7 Å². The minimum Gasteiger partial charge on any atom is -0.321 e. The number of aryl methyl sites for hydroxylation is 2. The lowest BCUT2D eigenvalue weighted by atomic mass is 10.3. The Morgan fingerprint density at radius 3 is 2.37 bits per heavy atom. The quantitative estimate of drug-likeness (QED) is 0.670. The van der Waals surface area contributed by atoms with Crippen molar-refractivity contribution < 1.29 is 13.2 Å². The zero-order valence-corrected chi connectivity index (χ0v) is 15.9. The first kappa shape index (κ1) is 18.8. The Balaban J connectivity index is 1.73. The van der Waals surface area contributed by atoms with E-state index >= 15 is 0 Å². The summed E-state index contributed by atoms with van der Waals surface area (Å²) < 4.78 is 28.5. The number of hydrogen-bond donors (Lipinski definition) is 2. The number of hydrogen-bond acceptors (Lipinski definition) is 6. The van der Waals surface area contributed by atoms with Gasteiger partial charge in [0.2, 0.25) is 0 Å². The van der Waals surface area contributed by atoms with Crippen molar-refractivity contribution >= 4 is 39.0 Å². The van der Waals surface area contributed by atoms with Crippen molar-refractivity contribution in [3.8, 4) is 0 Å². The van der Waals surface area contributed by atoms with Crippen molar-refractivity contribution in [1.82, 2.24) is 20.0 Å². The Hall–Kier alpha value is -2.98. The standard InChI is InChI=1S/C16H15ClN6O3S/c1-10-9-13(23(2)21-10)16(24)18-11-3-5-12(6-4-11)27(25,26)22-15-8-7-14(17)19-20-15/h3-9H,1-2H3,(H,18,24)(H,20,22). The van der Waals surface area contributed by atoms with Gasteiger partial charge in [-0.05, 0) is 49.4 Å². The number of aromatic nitrogens is 4. The maximum Gasteiger partial charge on any atom is 0.273 e. The molecule has 0 saturated heterocycles. The van der Waals surface area contributed by atoms with E-state index in [1.54, 1.807) is 20.0 Å². The first-order valence-corrected chi connectivity index (χ1v) is 9.55. The van der Waals surface area contributed by atoms with E-state index in [9.17, 15) is 13.2 Å². The molecule has 0 spiro atoms. The topological polar surface area (TPSA) is 119 Å². The smallest absolute Gasteiger partial charge is 0.273 e. The lowest BCUT2D eigenvalue weighted by Gasteiger charge is -2.09. The highest BCUT2D eigenvalue weighted by Crippen LogP contribution is 2.18. The van der Waals surface area contributed by atoms with E-state index in [1.807, 2.05) is 0 Å². The van der Waals surface area contributed by atoms with Gasteiger partial charge in [0.25, 0.3) is 15.9 Å². The van der Waals surface area contributed by atoms with Crippen molar-refractivity contribution in [3.05, 3.63) is 59.0 Å². The van der Waals surface area contributed by atoms with Crippen molar-refractivity contribution in [2.75, 3.05) is 10.0 Å². The monoisotopic (exact) mass is 406 g/mol. The first-order chi connectivity index (χ1) is 12.7. The molecule has 3 aromatic rings. The predicted molar refractivity (Wildman–Crippen MR) is 100 cm³/mol. The van der Waals surface area contributed by atoms with Crippen molar-refractivity contribution in [1.29, 1.82) is 0 Å². The average molecular weight is 407 g/mol. The van der Waals surface area contributed by atoms with Crippen LogP contribution in [0.15, 0.2) is 47.4 Å². The van der Waals surface area contributed by atoms with Gasteiger partial charge in [-0.25, -0.2) is 8.42 Å². The highest BCUT2D eigenvalue weighted by molar-refractivity contribution is 7.92. The molecule has 0 aliphatic carbocycles. The largest absolute Gasteiger partial charge is 0.321 e. The minimum atomic E-state index is -3.85.